The first-order valence-electron chi connectivity index (χ1n) is 9.69. The summed E-state index contributed by atoms with van der Waals surface area (Å²) < 4.78 is 27.8. The minimum Gasteiger partial charge on any atom is -0.370 e. The van der Waals surface area contributed by atoms with E-state index in [0.29, 0.717) is 35.4 Å². The molecule has 1 unspecified atom stereocenters. The second kappa shape index (κ2) is 10.2. The Labute approximate surface area is 186 Å². The number of nitrogens with two attached hydrogens (primary N) is 1. The number of guanidine groups is 1. The minimum absolute atomic E-state index is 0. The van der Waals surface area contributed by atoms with Crippen LogP contribution in [0.2, 0.25) is 0 Å². The van der Waals surface area contributed by atoms with E-state index in [0.717, 1.165) is 32.6 Å². The summed E-state index contributed by atoms with van der Waals surface area (Å²) >= 11 is 0. The van der Waals surface area contributed by atoms with E-state index < -0.39 is 10.0 Å². The molecule has 0 aliphatic carbocycles. The highest BCUT2D eigenvalue weighted by Gasteiger charge is 2.29. The Kier molecular flexibility index (Phi) is 8.53. The molecular weight excluding hydrogens is 489 g/mol. The molecule has 2 saturated heterocycles. The van der Waals surface area contributed by atoms with Crippen LogP contribution >= 0.6 is 24.0 Å². The van der Waals surface area contributed by atoms with Crippen molar-refractivity contribution in [1.29, 1.82) is 0 Å². The number of hydrogen-bond donors (Lipinski definition) is 1. The molecule has 0 aromatic heterocycles. The average Bonchev–Trinajstić information content (AvgIpc) is 2.66. The number of halogens is 1. The Morgan fingerprint density at radius 1 is 1.18 bits per heavy atom. The van der Waals surface area contributed by atoms with Crippen LogP contribution in [0.1, 0.15) is 25.3 Å². The Bertz CT molecular complexity index is 778. The molecule has 28 heavy (non-hydrogen) atoms. The van der Waals surface area contributed by atoms with Gasteiger partial charge in [-0.1, -0.05) is 25.1 Å². The van der Waals surface area contributed by atoms with Gasteiger partial charge in [0.05, 0.1) is 11.4 Å². The van der Waals surface area contributed by atoms with Crippen molar-refractivity contribution in [2.75, 3.05) is 46.3 Å². The summed E-state index contributed by atoms with van der Waals surface area (Å²) in [6.45, 7) is 6.86. The molecule has 2 N–H and O–H groups in total. The van der Waals surface area contributed by atoms with E-state index in [1.807, 2.05) is 19.2 Å². The van der Waals surface area contributed by atoms with Crippen LogP contribution in [0, 0.1) is 5.92 Å². The van der Waals surface area contributed by atoms with E-state index in [4.69, 9.17) is 5.73 Å². The molecule has 0 radical (unpaired) electrons. The van der Waals surface area contributed by atoms with Gasteiger partial charge in [-0.15, -0.1) is 24.0 Å². The lowest BCUT2D eigenvalue weighted by atomic mass is 10.0. The van der Waals surface area contributed by atoms with E-state index in [2.05, 4.69) is 21.7 Å². The first kappa shape index (κ1) is 23.4. The average molecular weight is 521 g/mol. The molecule has 0 bridgehead atoms. The van der Waals surface area contributed by atoms with Crippen molar-refractivity contribution in [3.8, 4) is 0 Å². The molecule has 1 aromatic rings. The number of likely N-dealkylation sites (N-methyl/N-ethyl adjacent to an activating group) is 1. The highest BCUT2D eigenvalue weighted by molar-refractivity contribution is 14.0. The van der Waals surface area contributed by atoms with Gasteiger partial charge < -0.3 is 15.5 Å². The zero-order valence-electron chi connectivity index (χ0n) is 16.7. The summed E-state index contributed by atoms with van der Waals surface area (Å²) in [5.41, 5.74) is 6.88. The standard InChI is InChI=1S/C19H31N5O2S.HI/c1-16-6-5-9-23(15-16)19(20)21-14-17-7-3-4-8-18(17)27(25,26)24-12-10-22(2)11-13-24;/h3-4,7-8,16H,5-6,9-15H2,1-2H3,(H2,20,21);1H. The molecule has 1 atom stereocenters. The highest BCUT2D eigenvalue weighted by Crippen LogP contribution is 2.22. The lowest BCUT2D eigenvalue weighted by Gasteiger charge is -2.32. The maximum atomic E-state index is 13.1. The summed E-state index contributed by atoms with van der Waals surface area (Å²) in [4.78, 5) is 9.10. The molecule has 2 aliphatic heterocycles. The number of benzene rings is 1. The van der Waals surface area contributed by atoms with Crippen molar-refractivity contribution in [2.45, 2.75) is 31.2 Å². The SMILES string of the molecule is CC1CCCN(C(N)=NCc2ccccc2S(=O)(=O)N2CCN(C)CC2)C1.I. The van der Waals surface area contributed by atoms with Gasteiger partial charge in [-0.2, -0.15) is 4.31 Å². The fraction of sp³-hybridized carbons (Fsp3) is 0.632. The Balaban J connectivity index is 0.00000280. The molecule has 7 nitrogen and oxygen atoms in total. The van der Waals surface area contributed by atoms with Gasteiger partial charge in [-0.25, -0.2) is 13.4 Å². The van der Waals surface area contributed by atoms with Gasteiger partial charge in [-0.05, 0) is 37.4 Å². The second-order valence-electron chi connectivity index (χ2n) is 7.68. The fourth-order valence-electron chi connectivity index (χ4n) is 3.72. The summed E-state index contributed by atoms with van der Waals surface area (Å²) in [6, 6.07) is 7.13. The number of rotatable bonds is 4. The molecule has 1 aromatic carbocycles. The topological polar surface area (TPSA) is 82.2 Å². The Morgan fingerprint density at radius 3 is 2.54 bits per heavy atom. The number of sulfonamides is 1. The predicted octanol–water partition coefficient (Wildman–Crippen LogP) is 1.79. The van der Waals surface area contributed by atoms with Crippen LogP contribution in [0.3, 0.4) is 0 Å². The molecule has 158 valence electrons. The van der Waals surface area contributed by atoms with Crippen LogP contribution in [0.5, 0.6) is 0 Å². The van der Waals surface area contributed by atoms with Gasteiger partial charge >= 0.3 is 0 Å². The maximum absolute atomic E-state index is 13.1. The highest BCUT2D eigenvalue weighted by atomic mass is 127. The predicted molar refractivity (Wildman–Crippen MR) is 123 cm³/mol. The van der Waals surface area contributed by atoms with E-state index in [1.54, 1.807) is 16.4 Å². The van der Waals surface area contributed by atoms with Crippen LogP contribution in [-0.4, -0.2) is 74.8 Å². The van der Waals surface area contributed by atoms with E-state index >= 15 is 0 Å². The third-order valence-corrected chi connectivity index (χ3v) is 7.44. The quantitative estimate of drug-likeness (QED) is 0.371. The van der Waals surface area contributed by atoms with E-state index in [-0.39, 0.29) is 30.5 Å². The Morgan fingerprint density at radius 2 is 1.86 bits per heavy atom. The van der Waals surface area contributed by atoms with Crippen LogP contribution in [0.25, 0.3) is 0 Å². The van der Waals surface area contributed by atoms with Gasteiger partial charge in [0.2, 0.25) is 10.0 Å². The van der Waals surface area contributed by atoms with Crippen molar-refractivity contribution in [2.24, 2.45) is 16.6 Å². The zero-order valence-corrected chi connectivity index (χ0v) is 19.9. The van der Waals surface area contributed by atoms with Gasteiger partial charge in [0, 0.05) is 39.3 Å². The monoisotopic (exact) mass is 521 g/mol. The largest absolute Gasteiger partial charge is 0.370 e. The summed E-state index contributed by atoms with van der Waals surface area (Å²) in [7, 11) is -1.50. The lowest BCUT2D eigenvalue weighted by molar-refractivity contribution is 0.222. The fourth-order valence-corrected chi connectivity index (χ4v) is 5.35. The smallest absolute Gasteiger partial charge is 0.243 e. The number of piperazine rings is 1. The van der Waals surface area contributed by atoms with Gasteiger partial charge in [0.25, 0.3) is 0 Å². The van der Waals surface area contributed by atoms with Crippen LogP contribution in [-0.2, 0) is 16.6 Å². The van der Waals surface area contributed by atoms with E-state index in [1.165, 1.54) is 6.42 Å². The molecule has 9 heteroatoms. The minimum atomic E-state index is -3.51. The number of piperidine rings is 1. The van der Waals surface area contributed by atoms with Crippen LogP contribution < -0.4 is 5.73 Å². The number of aliphatic imine (C=N–C) groups is 1. The maximum Gasteiger partial charge on any atom is 0.243 e. The molecule has 3 rings (SSSR count). The molecule has 0 spiro atoms. The molecule has 2 fully saturated rings. The van der Waals surface area contributed by atoms with Crippen LogP contribution in [0.4, 0.5) is 0 Å². The van der Waals surface area contributed by atoms with Crippen molar-refractivity contribution in [1.82, 2.24) is 14.1 Å². The zero-order chi connectivity index (χ0) is 19.4. The van der Waals surface area contributed by atoms with Gasteiger partial charge in [0.1, 0.15) is 0 Å². The third kappa shape index (κ3) is 5.58. The summed E-state index contributed by atoms with van der Waals surface area (Å²) in [5.74, 6) is 1.12. The summed E-state index contributed by atoms with van der Waals surface area (Å²) in [6.07, 6.45) is 2.33. The lowest BCUT2D eigenvalue weighted by Crippen LogP contribution is -2.47. The first-order chi connectivity index (χ1) is 12.9. The Hall–Kier alpha value is -0.910. The molecule has 0 amide bonds. The van der Waals surface area contributed by atoms with Crippen molar-refractivity contribution < 1.29 is 8.42 Å². The molecule has 2 aliphatic rings. The summed E-state index contributed by atoms with van der Waals surface area (Å²) in [5, 5.41) is 0. The number of nitrogens with zero attached hydrogens (tertiary/aromatic N) is 4. The first-order valence-corrected chi connectivity index (χ1v) is 11.1. The van der Waals surface area contributed by atoms with Gasteiger partial charge in [0.15, 0.2) is 5.96 Å². The van der Waals surface area contributed by atoms with Crippen LogP contribution in [0.15, 0.2) is 34.2 Å². The van der Waals surface area contributed by atoms with E-state index in [9.17, 15) is 8.42 Å². The normalized spacial score (nSPS) is 22.7. The van der Waals surface area contributed by atoms with Crippen molar-refractivity contribution in [3.63, 3.8) is 0 Å². The molecule has 2 heterocycles. The number of likely N-dealkylation sites (tertiary alicyclic amines) is 1. The second-order valence-corrected chi connectivity index (χ2v) is 9.59. The number of hydrogen-bond acceptors (Lipinski definition) is 4. The van der Waals surface area contributed by atoms with Crippen molar-refractivity contribution >= 4 is 40.0 Å². The third-order valence-electron chi connectivity index (χ3n) is 5.45. The molecular formula is C19H32IN5O2S. The van der Waals surface area contributed by atoms with Gasteiger partial charge in [-0.3, -0.25) is 0 Å². The van der Waals surface area contributed by atoms with Crippen molar-refractivity contribution in [3.05, 3.63) is 29.8 Å². The molecule has 0 saturated carbocycles.